The molecular weight excluding hydrogens is 585 g/mol. The molecule has 2 aromatic carbocycles. The molecule has 2 heterocycles. The van der Waals surface area contributed by atoms with Gasteiger partial charge in [-0.05, 0) is 93.0 Å². The second-order valence-electron chi connectivity index (χ2n) is 12.4. The lowest BCUT2D eigenvalue weighted by Crippen LogP contribution is -2.32. The highest BCUT2D eigenvalue weighted by Gasteiger charge is 2.32. The van der Waals surface area contributed by atoms with Crippen LogP contribution in [0, 0.1) is 0 Å². The average Bonchev–Trinajstić information content (AvgIpc) is 3.85. The van der Waals surface area contributed by atoms with E-state index in [2.05, 4.69) is 15.6 Å². The van der Waals surface area contributed by atoms with Crippen LogP contribution in [0.15, 0.2) is 54.6 Å². The van der Waals surface area contributed by atoms with E-state index in [1.54, 1.807) is 51.1 Å². The van der Waals surface area contributed by atoms with Crippen LogP contribution < -0.4 is 10.6 Å². The number of carbonyl (C=O) groups is 2. The molecule has 238 valence electrons. The van der Waals surface area contributed by atoms with Crippen molar-refractivity contribution in [2.75, 3.05) is 13.2 Å². The van der Waals surface area contributed by atoms with E-state index in [0.29, 0.717) is 41.4 Å². The molecule has 8 nitrogen and oxygen atoms in total. The molecule has 0 radical (unpaired) electrons. The van der Waals surface area contributed by atoms with Crippen LogP contribution in [0.5, 0.6) is 0 Å². The van der Waals surface area contributed by atoms with Crippen LogP contribution in [0.25, 0.3) is 16.7 Å². The van der Waals surface area contributed by atoms with Gasteiger partial charge in [-0.15, -0.1) is 0 Å². The largest absolute Gasteiger partial charge is 0.444 e. The summed E-state index contributed by atoms with van der Waals surface area (Å²) in [5.74, 6) is 0.611. The molecule has 1 saturated carbocycles. The first-order chi connectivity index (χ1) is 21.3. The van der Waals surface area contributed by atoms with Crippen LogP contribution in [0.2, 0.25) is 0 Å². The normalized spacial score (nSPS) is 16.0. The Labute approximate surface area is 260 Å². The third-order valence-corrected chi connectivity index (χ3v) is 7.54. The van der Waals surface area contributed by atoms with Crippen molar-refractivity contribution in [3.63, 3.8) is 0 Å². The Morgan fingerprint density at radius 3 is 2.40 bits per heavy atom. The van der Waals surface area contributed by atoms with Gasteiger partial charge in [-0.25, -0.2) is 14.8 Å². The van der Waals surface area contributed by atoms with E-state index >= 15 is 0 Å². The van der Waals surface area contributed by atoms with Gasteiger partial charge in [-0.1, -0.05) is 36.4 Å². The van der Waals surface area contributed by atoms with Crippen LogP contribution in [0.3, 0.4) is 0 Å². The molecule has 1 fully saturated rings. The van der Waals surface area contributed by atoms with E-state index in [-0.39, 0.29) is 18.4 Å². The third kappa shape index (κ3) is 8.48. The van der Waals surface area contributed by atoms with Crippen molar-refractivity contribution in [2.45, 2.75) is 77.2 Å². The predicted molar refractivity (Wildman–Crippen MR) is 163 cm³/mol. The molecule has 1 aromatic heterocycles. The lowest BCUT2D eigenvalue weighted by molar-refractivity contribution is -0.137. The molecule has 1 aliphatic heterocycles. The van der Waals surface area contributed by atoms with Gasteiger partial charge in [0.1, 0.15) is 17.1 Å². The standard InChI is InChI=1S/C34H37F3N4O4/c1-20(39-31(42)29-18-28(23-13-15-44-16-14-23)40-30(41-29)24-9-10-24)21-5-7-22(8-6-21)27-17-26(34(35,36)37)12-11-25(27)19-38-32(43)45-33(2,3)4/h5-8,11-13,17-18,20,24H,9-10,14-16,19H2,1-4H3,(H,38,43)(H,39,42)/t20-/m1/s1. The van der Waals surface area contributed by atoms with Crippen molar-refractivity contribution in [3.05, 3.63) is 88.5 Å². The summed E-state index contributed by atoms with van der Waals surface area (Å²) in [6, 6.07) is 11.7. The second-order valence-corrected chi connectivity index (χ2v) is 12.4. The van der Waals surface area contributed by atoms with Crippen molar-refractivity contribution in [1.29, 1.82) is 0 Å². The number of hydrogen-bond donors (Lipinski definition) is 2. The average molecular weight is 623 g/mol. The summed E-state index contributed by atoms with van der Waals surface area (Å²) in [7, 11) is 0. The highest BCUT2D eigenvalue weighted by Crippen LogP contribution is 2.39. The van der Waals surface area contributed by atoms with Gasteiger partial charge in [-0.2, -0.15) is 13.2 Å². The lowest BCUT2D eigenvalue weighted by atomic mass is 9.95. The number of nitrogens with one attached hydrogen (secondary N) is 2. The number of aromatic nitrogens is 2. The number of amides is 2. The number of halogens is 3. The van der Waals surface area contributed by atoms with Gasteiger partial charge in [-0.3, -0.25) is 4.79 Å². The Morgan fingerprint density at radius 2 is 1.78 bits per heavy atom. The van der Waals surface area contributed by atoms with Crippen molar-refractivity contribution in [3.8, 4) is 11.1 Å². The maximum atomic E-state index is 13.6. The minimum atomic E-state index is -4.54. The Bertz CT molecular complexity index is 1590. The number of nitrogens with zero attached hydrogens (tertiary/aromatic N) is 2. The van der Waals surface area contributed by atoms with Gasteiger partial charge in [0.15, 0.2) is 0 Å². The van der Waals surface area contributed by atoms with Gasteiger partial charge in [0.05, 0.1) is 30.5 Å². The van der Waals surface area contributed by atoms with Gasteiger partial charge >= 0.3 is 12.3 Å². The number of alkyl carbamates (subject to hydrolysis) is 1. The minimum absolute atomic E-state index is 0.0235. The molecule has 5 rings (SSSR count). The smallest absolute Gasteiger partial charge is 0.416 e. The van der Waals surface area contributed by atoms with Gasteiger partial charge < -0.3 is 20.1 Å². The zero-order chi connectivity index (χ0) is 32.4. The first-order valence-corrected chi connectivity index (χ1v) is 15.0. The zero-order valence-corrected chi connectivity index (χ0v) is 25.8. The monoisotopic (exact) mass is 622 g/mol. The van der Waals surface area contributed by atoms with Crippen molar-refractivity contribution in [2.24, 2.45) is 0 Å². The highest BCUT2D eigenvalue weighted by molar-refractivity contribution is 5.93. The zero-order valence-electron chi connectivity index (χ0n) is 25.8. The molecule has 3 aromatic rings. The highest BCUT2D eigenvalue weighted by atomic mass is 19.4. The topological polar surface area (TPSA) is 102 Å². The van der Waals surface area contributed by atoms with Gasteiger partial charge in [0, 0.05) is 12.5 Å². The molecular formula is C34H37F3N4O4. The summed E-state index contributed by atoms with van der Waals surface area (Å²) >= 11 is 0. The summed E-state index contributed by atoms with van der Waals surface area (Å²) in [5, 5.41) is 5.62. The number of benzene rings is 2. The fourth-order valence-corrected chi connectivity index (χ4v) is 4.99. The Balaban J connectivity index is 1.34. The minimum Gasteiger partial charge on any atom is -0.444 e. The summed E-state index contributed by atoms with van der Waals surface area (Å²) in [4.78, 5) is 34.8. The first kappa shape index (κ1) is 32.2. The van der Waals surface area contributed by atoms with E-state index in [9.17, 15) is 22.8 Å². The van der Waals surface area contributed by atoms with E-state index in [0.717, 1.165) is 48.2 Å². The van der Waals surface area contributed by atoms with Crippen LogP contribution in [0.4, 0.5) is 18.0 Å². The van der Waals surface area contributed by atoms with Crippen LogP contribution >= 0.6 is 0 Å². The molecule has 2 aliphatic rings. The van der Waals surface area contributed by atoms with Crippen LogP contribution in [-0.4, -0.2) is 40.8 Å². The number of ether oxygens (including phenoxy) is 2. The Morgan fingerprint density at radius 1 is 1.04 bits per heavy atom. The van der Waals surface area contributed by atoms with E-state index < -0.39 is 29.5 Å². The third-order valence-electron chi connectivity index (χ3n) is 7.54. The predicted octanol–water partition coefficient (Wildman–Crippen LogP) is 7.36. The lowest BCUT2D eigenvalue weighted by Gasteiger charge is -2.20. The molecule has 2 N–H and O–H groups in total. The molecule has 0 bridgehead atoms. The van der Waals surface area contributed by atoms with E-state index in [1.165, 1.54) is 6.07 Å². The summed E-state index contributed by atoms with van der Waals surface area (Å²) in [6.45, 7) is 8.09. The summed E-state index contributed by atoms with van der Waals surface area (Å²) in [5.41, 5.74) is 2.68. The van der Waals surface area contributed by atoms with E-state index in [4.69, 9.17) is 14.5 Å². The van der Waals surface area contributed by atoms with Crippen molar-refractivity contribution < 1.29 is 32.2 Å². The molecule has 45 heavy (non-hydrogen) atoms. The number of carbonyl (C=O) groups excluding carboxylic acids is 2. The first-order valence-electron chi connectivity index (χ1n) is 15.0. The van der Waals surface area contributed by atoms with Crippen molar-refractivity contribution in [1.82, 2.24) is 20.6 Å². The fraction of sp³-hybridized carbons (Fsp3) is 0.412. The summed E-state index contributed by atoms with van der Waals surface area (Å²) < 4.78 is 51.5. The molecule has 0 unspecified atom stereocenters. The molecule has 1 atom stereocenters. The molecule has 2 amide bonds. The maximum Gasteiger partial charge on any atom is 0.416 e. The molecule has 1 aliphatic carbocycles. The molecule has 0 saturated heterocycles. The van der Waals surface area contributed by atoms with Crippen LogP contribution in [-0.2, 0) is 22.2 Å². The SMILES string of the molecule is C[C@@H](NC(=O)c1cc(C2=CCOCC2)nc(C2CC2)n1)c1ccc(-c2cc(C(F)(F)F)ccc2CNC(=O)OC(C)(C)C)cc1. The Hall–Kier alpha value is -4.25. The van der Waals surface area contributed by atoms with Crippen LogP contribution in [0.1, 0.15) is 97.6 Å². The van der Waals surface area contributed by atoms with E-state index in [1.807, 2.05) is 13.0 Å². The number of hydrogen-bond acceptors (Lipinski definition) is 6. The summed E-state index contributed by atoms with van der Waals surface area (Å²) in [6.07, 6.45) is -0.502. The van der Waals surface area contributed by atoms with Crippen molar-refractivity contribution >= 4 is 17.6 Å². The second kappa shape index (κ2) is 13.0. The quantitative estimate of drug-likeness (QED) is 0.272. The maximum absolute atomic E-state index is 13.6. The fourth-order valence-electron chi connectivity index (χ4n) is 4.99. The molecule has 0 spiro atoms. The van der Waals surface area contributed by atoms with Gasteiger partial charge in [0.2, 0.25) is 0 Å². The Kier molecular flexibility index (Phi) is 9.29. The number of alkyl halides is 3. The number of rotatable bonds is 8. The molecule has 11 heteroatoms. The van der Waals surface area contributed by atoms with Gasteiger partial charge in [0.25, 0.3) is 5.91 Å².